The van der Waals surface area contributed by atoms with E-state index in [0.717, 1.165) is 31.4 Å². The number of rotatable bonds is 5. The topological polar surface area (TPSA) is 29.1 Å². The maximum Gasteiger partial charge on any atom is 0.419 e. The SMILES string of the molecule is O=C(CCC1CCCCC1)NCc1ccc(F)c(C(F)(F)F)c1. The molecule has 0 saturated heterocycles. The fourth-order valence-electron chi connectivity index (χ4n) is 3.00. The van der Waals surface area contributed by atoms with Crippen molar-refractivity contribution < 1.29 is 22.4 Å². The van der Waals surface area contributed by atoms with E-state index in [2.05, 4.69) is 5.32 Å². The highest BCUT2D eigenvalue weighted by molar-refractivity contribution is 5.75. The number of benzene rings is 1. The lowest BCUT2D eigenvalue weighted by atomic mass is 9.86. The van der Waals surface area contributed by atoms with E-state index < -0.39 is 17.6 Å². The second-order valence-electron chi connectivity index (χ2n) is 6.13. The molecule has 0 bridgehead atoms. The Labute approximate surface area is 133 Å². The molecule has 2 rings (SSSR count). The molecule has 0 spiro atoms. The number of amides is 1. The van der Waals surface area contributed by atoms with Crippen molar-refractivity contribution in [1.82, 2.24) is 5.32 Å². The summed E-state index contributed by atoms with van der Waals surface area (Å²) in [6, 6.07) is 2.79. The van der Waals surface area contributed by atoms with Crippen molar-refractivity contribution in [2.45, 2.75) is 57.7 Å². The standard InChI is InChI=1S/C17H21F4NO/c18-15-8-6-13(10-14(15)17(19,20)21)11-22-16(23)9-7-12-4-2-1-3-5-12/h6,8,10,12H,1-5,7,9,11H2,(H,22,23). The lowest BCUT2D eigenvalue weighted by Crippen LogP contribution is -2.24. The summed E-state index contributed by atoms with van der Waals surface area (Å²) in [5, 5.41) is 2.61. The van der Waals surface area contributed by atoms with Gasteiger partial charge in [-0.3, -0.25) is 4.79 Å². The van der Waals surface area contributed by atoms with Crippen molar-refractivity contribution in [3.05, 3.63) is 35.1 Å². The van der Waals surface area contributed by atoms with E-state index in [1.807, 2.05) is 0 Å². The monoisotopic (exact) mass is 331 g/mol. The number of hydrogen-bond acceptors (Lipinski definition) is 1. The van der Waals surface area contributed by atoms with Gasteiger partial charge >= 0.3 is 6.18 Å². The second-order valence-corrected chi connectivity index (χ2v) is 6.13. The smallest absolute Gasteiger partial charge is 0.352 e. The minimum Gasteiger partial charge on any atom is -0.352 e. The maximum atomic E-state index is 13.2. The first-order valence-corrected chi connectivity index (χ1v) is 7.98. The molecule has 23 heavy (non-hydrogen) atoms. The summed E-state index contributed by atoms with van der Waals surface area (Å²) in [5.74, 6) is -0.893. The Balaban J connectivity index is 1.82. The zero-order valence-corrected chi connectivity index (χ0v) is 12.9. The Morgan fingerprint density at radius 2 is 1.87 bits per heavy atom. The average molecular weight is 331 g/mol. The summed E-state index contributed by atoms with van der Waals surface area (Å²) >= 11 is 0. The van der Waals surface area contributed by atoms with E-state index in [-0.39, 0.29) is 18.0 Å². The molecular weight excluding hydrogens is 310 g/mol. The van der Waals surface area contributed by atoms with Gasteiger partial charge in [0.25, 0.3) is 0 Å². The number of hydrogen-bond donors (Lipinski definition) is 1. The van der Waals surface area contributed by atoms with E-state index in [0.29, 0.717) is 12.3 Å². The Hall–Kier alpha value is -1.59. The van der Waals surface area contributed by atoms with Crippen LogP contribution in [-0.4, -0.2) is 5.91 Å². The van der Waals surface area contributed by atoms with Gasteiger partial charge in [-0.15, -0.1) is 0 Å². The highest BCUT2D eigenvalue weighted by Crippen LogP contribution is 2.32. The molecule has 1 aliphatic rings. The first kappa shape index (κ1) is 17.8. The van der Waals surface area contributed by atoms with E-state index in [1.54, 1.807) is 0 Å². The van der Waals surface area contributed by atoms with Crippen LogP contribution in [0.25, 0.3) is 0 Å². The quantitative estimate of drug-likeness (QED) is 0.770. The van der Waals surface area contributed by atoms with Crippen molar-refractivity contribution in [1.29, 1.82) is 0 Å². The first-order chi connectivity index (χ1) is 10.9. The number of carbonyl (C=O) groups is 1. The zero-order valence-electron chi connectivity index (χ0n) is 12.9. The Morgan fingerprint density at radius 3 is 2.52 bits per heavy atom. The van der Waals surface area contributed by atoms with Gasteiger partial charge < -0.3 is 5.32 Å². The molecule has 128 valence electrons. The normalized spacial score (nSPS) is 16.3. The lowest BCUT2D eigenvalue weighted by molar-refractivity contribution is -0.140. The second kappa shape index (κ2) is 7.79. The molecule has 0 atom stereocenters. The molecule has 6 heteroatoms. The molecule has 1 aromatic rings. The van der Waals surface area contributed by atoms with Crippen LogP contribution in [0.1, 0.15) is 56.1 Å². The summed E-state index contributed by atoms with van der Waals surface area (Å²) in [7, 11) is 0. The van der Waals surface area contributed by atoms with Gasteiger partial charge in [0.2, 0.25) is 5.91 Å². The third kappa shape index (κ3) is 5.52. The largest absolute Gasteiger partial charge is 0.419 e. The van der Waals surface area contributed by atoms with Crippen LogP contribution in [0.3, 0.4) is 0 Å². The molecule has 1 saturated carbocycles. The molecule has 2 nitrogen and oxygen atoms in total. The zero-order chi connectivity index (χ0) is 16.9. The van der Waals surface area contributed by atoms with E-state index in [1.165, 1.54) is 25.3 Å². The average Bonchev–Trinajstić information content (AvgIpc) is 2.52. The summed E-state index contributed by atoms with van der Waals surface area (Å²) in [6.45, 7) is -0.0210. The van der Waals surface area contributed by atoms with Crippen LogP contribution >= 0.6 is 0 Å². The molecule has 0 heterocycles. The van der Waals surface area contributed by atoms with Crippen molar-refractivity contribution in [2.75, 3.05) is 0 Å². The van der Waals surface area contributed by atoms with E-state index in [4.69, 9.17) is 0 Å². The molecule has 1 aromatic carbocycles. The number of alkyl halides is 3. The van der Waals surface area contributed by atoms with E-state index >= 15 is 0 Å². The molecule has 1 N–H and O–H groups in total. The summed E-state index contributed by atoms with van der Waals surface area (Å²) in [4.78, 5) is 11.8. The van der Waals surface area contributed by atoms with Gasteiger partial charge in [0.1, 0.15) is 5.82 Å². The summed E-state index contributed by atoms with van der Waals surface area (Å²) in [5.41, 5.74) is -1.06. The van der Waals surface area contributed by atoms with Crippen LogP contribution in [0.2, 0.25) is 0 Å². The summed E-state index contributed by atoms with van der Waals surface area (Å²) in [6.07, 6.45) is 2.46. The van der Waals surface area contributed by atoms with Gasteiger partial charge in [0, 0.05) is 13.0 Å². The van der Waals surface area contributed by atoms with Crippen LogP contribution in [0.15, 0.2) is 18.2 Å². The van der Waals surface area contributed by atoms with Gasteiger partial charge in [-0.05, 0) is 30.0 Å². The van der Waals surface area contributed by atoms with Crippen LogP contribution in [0, 0.1) is 11.7 Å². The molecule has 1 amide bonds. The van der Waals surface area contributed by atoms with Crippen LogP contribution in [0.5, 0.6) is 0 Å². The van der Waals surface area contributed by atoms with Gasteiger partial charge in [-0.25, -0.2) is 4.39 Å². The molecule has 0 aliphatic heterocycles. The van der Waals surface area contributed by atoms with Gasteiger partial charge in [0.05, 0.1) is 5.56 Å². The van der Waals surface area contributed by atoms with Crippen molar-refractivity contribution >= 4 is 5.91 Å². The minimum absolute atomic E-state index is 0.0210. The Morgan fingerprint density at radius 1 is 1.17 bits per heavy atom. The maximum absolute atomic E-state index is 13.2. The molecule has 0 radical (unpaired) electrons. The minimum atomic E-state index is -4.73. The van der Waals surface area contributed by atoms with Crippen molar-refractivity contribution in [3.63, 3.8) is 0 Å². The Bertz CT molecular complexity index is 536. The van der Waals surface area contributed by atoms with Crippen LogP contribution in [0.4, 0.5) is 17.6 Å². The molecule has 0 aromatic heterocycles. The van der Waals surface area contributed by atoms with Gasteiger partial charge in [-0.2, -0.15) is 13.2 Å². The van der Waals surface area contributed by atoms with E-state index in [9.17, 15) is 22.4 Å². The van der Waals surface area contributed by atoms with Crippen molar-refractivity contribution in [2.24, 2.45) is 5.92 Å². The highest BCUT2D eigenvalue weighted by atomic mass is 19.4. The molecule has 1 aliphatic carbocycles. The van der Waals surface area contributed by atoms with Crippen LogP contribution in [-0.2, 0) is 17.5 Å². The fourth-order valence-corrected chi connectivity index (χ4v) is 3.00. The van der Waals surface area contributed by atoms with Crippen molar-refractivity contribution in [3.8, 4) is 0 Å². The third-order valence-corrected chi connectivity index (χ3v) is 4.33. The predicted octanol–water partition coefficient (Wildman–Crippen LogP) is 4.82. The predicted molar refractivity (Wildman–Crippen MR) is 79.1 cm³/mol. The van der Waals surface area contributed by atoms with Gasteiger partial charge in [0.15, 0.2) is 0 Å². The summed E-state index contributed by atoms with van der Waals surface area (Å²) < 4.78 is 51.1. The number of nitrogens with one attached hydrogen (secondary N) is 1. The fraction of sp³-hybridized carbons (Fsp3) is 0.588. The molecular formula is C17H21F4NO. The lowest BCUT2D eigenvalue weighted by Gasteiger charge is -2.21. The van der Waals surface area contributed by atoms with Crippen LogP contribution < -0.4 is 5.32 Å². The third-order valence-electron chi connectivity index (χ3n) is 4.33. The first-order valence-electron chi connectivity index (χ1n) is 7.98. The number of carbonyl (C=O) groups excluding carboxylic acids is 1. The Kier molecular flexibility index (Phi) is 6.02. The molecule has 1 fully saturated rings. The number of halogens is 4. The highest BCUT2D eigenvalue weighted by Gasteiger charge is 2.34. The molecule has 0 unspecified atom stereocenters. The van der Waals surface area contributed by atoms with Gasteiger partial charge in [-0.1, -0.05) is 38.2 Å².